The predicted molar refractivity (Wildman–Crippen MR) is 60.5 cm³/mol. The maximum absolute atomic E-state index is 5.83. The summed E-state index contributed by atoms with van der Waals surface area (Å²) >= 11 is 0. The van der Waals surface area contributed by atoms with E-state index in [1.165, 1.54) is 0 Å². The molecule has 0 radical (unpaired) electrons. The molecule has 0 aromatic heterocycles. The molecule has 0 spiro atoms. The molecule has 78 valence electrons. The Hall–Kier alpha value is 0.500. The van der Waals surface area contributed by atoms with Gasteiger partial charge in [0.1, 0.15) is 0 Å². The molecule has 0 saturated heterocycles. The third-order valence-corrected chi connectivity index (χ3v) is 1.37. The maximum Gasteiger partial charge on any atom is 0.0170 e. The zero-order chi connectivity index (χ0) is 8.15. The van der Waals surface area contributed by atoms with Gasteiger partial charge in [-0.3, -0.25) is 0 Å². The number of nitrogens with two attached hydrogens (primary N) is 1. The van der Waals surface area contributed by atoms with Crippen LogP contribution in [0.15, 0.2) is 0 Å². The van der Waals surface area contributed by atoms with Crippen molar-refractivity contribution in [1.82, 2.24) is 4.90 Å². The van der Waals surface area contributed by atoms with Gasteiger partial charge in [-0.1, -0.05) is 13.8 Å². The third-order valence-electron chi connectivity index (χ3n) is 1.37. The Bertz CT molecular complexity index is 77.1. The molecule has 1 unspecified atom stereocenters. The standard InChI is InChI=1S/C8H20N2.2ClH/c1-7(2)5-8(9)6-10(3)4;;/h7-8H,5-6,9H2,1-4H3;2*1H. The first-order valence-corrected chi connectivity index (χ1v) is 3.92. The van der Waals surface area contributed by atoms with E-state index in [0.717, 1.165) is 18.9 Å². The summed E-state index contributed by atoms with van der Waals surface area (Å²) in [7, 11) is 4.11. The van der Waals surface area contributed by atoms with Crippen molar-refractivity contribution in [2.45, 2.75) is 26.3 Å². The molecule has 0 aromatic carbocycles. The summed E-state index contributed by atoms with van der Waals surface area (Å²) < 4.78 is 0. The Morgan fingerprint density at radius 1 is 1.17 bits per heavy atom. The van der Waals surface area contributed by atoms with Gasteiger partial charge >= 0.3 is 0 Å². The number of nitrogens with zero attached hydrogens (tertiary/aromatic N) is 1. The van der Waals surface area contributed by atoms with E-state index in [-0.39, 0.29) is 24.8 Å². The van der Waals surface area contributed by atoms with Crippen LogP contribution in [-0.2, 0) is 0 Å². The van der Waals surface area contributed by atoms with Gasteiger partial charge in [-0.15, -0.1) is 24.8 Å². The quantitative estimate of drug-likeness (QED) is 0.777. The van der Waals surface area contributed by atoms with Crippen molar-refractivity contribution < 1.29 is 0 Å². The summed E-state index contributed by atoms with van der Waals surface area (Å²) in [5.41, 5.74) is 5.83. The van der Waals surface area contributed by atoms with Gasteiger partial charge in [0, 0.05) is 12.6 Å². The molecule has 0 fully saturated rings. The van der Waals surface area contributed by atoms with E-state index < -0.39 is 0 Å². The van der Waals surface area contributed by atoms with Crippen molar-refractivity contribution in [3.8, 4) is 0 Å². The summed E-state index contributed by atoms with van der Waals surface area (Å²) in [5.74, 6) is 0.718. The predicted octanol–water partition coefficient (Wildman–Crippen LogP) is 1.77. The fourth-order valence-electron chi connectivity index (χ4n) is 1.15. The lowest BCUT2D eigenvalue weighted by Gasteiger charge is -2.18. The van der Waals surface area contributed by atoms with E-state index in [0.29, 0.717) is 6.04 Å². The molecule has 0 aliphatic rings. The van der Waals surface area contributed by atoms with Crippen LogP contribution in [0, 0.1) is 5.92 Å². The number of rotatable bonds is 4. The van der Waals surface area contributed by atoms with Crippen LogP contribution in [0.1, 0.15) is 20.3 Å². The van der Waals surface area contributed by atoms with E-state index in [1.807, 2.05) is 0 Å². The average molecular weight is 217 g/mol. The lowest BCUT2D eigenvalue weighted by atomic mass is 10.0. The topological polar surface area (TPSA) is 29.3 Å². The van der Waals surface area contributed by atoms with Gasteiger partial charge in [0.05, 0.1) is 0 Å². The highest BCUT2D eigenvalue weighted by molar-refractivity contribution is 5.85. The summed E-state index contributed by atoms with van der Waals surface area (Å²) in [6.45, 7) is 5.41. The average Bonchev–Trinajstić information content (AvgIpc) is 1.58. The molecule has 0 saturated carbocycles. The molecule has 12 heavy (non-hydrogen) atoms. The minimum absolute atomic E-state index is 0. The molecule has 2 nitrogen and oxygen atoms in total. The molecule has 0 aliphatic carbocycles. The van der Waals surface area contributed by atoms with E-state index in [4.69, 9.17) is 5.73 Å². The van der Waals surface area contributed by atoms with Gasteiger partial charge in [0.25, 0.3) is 0 Å². The van der Waals surface area contributed by atoms with E-state index in [1.54, 1.807) is 0 Å². The summed E-state index contributed by atoms with van der Waals surface area (Å²) in [4.78, 5) is 2.13. The second-order valence-corrected chi connectivity index (χ2v) is 3.65. The summed E-state index contributed by atoms with van der Waals surface area (Å²) in [6, 6.07) is 0.343. The van der Waals surface area contributed by atoms with Gasteiger partial charge in [-0.05, 0) is 26.4 Å². The maximum atomic E-state index is 5.83. The summed E-state index contributed by atoms with van der Waals surface area (Å²) in [6.07, 6.45) is 1.12. The molecular formula is C8H22Cl2N2. The van der Waals surface area contributed by atoms with Crippen LogP contribution in [-0.4, -0.2) is 31.6 Å². The molecule has 0 aliphatic heterocycles. The van der Waals surface area contributed by atoms with Crippen LogP contribution >= 0.6 is 24.8 Å². The van der Waals surface area contributed by atoms with Crippen molar-refractivity contribution in [1.29, 1.82) is 0 Å². The molecule has 0 bridgehead atoms. The number of hydrogen-bond donors (Lipinski definition) is 1. The van der Waals surface area contributed by atoms with Gasteiger partial charge in [0.2, 0.25) is 0 Å². The largest absolute Gasteiger partial charge is 0.327 e. The van der Waals surface area contributed by atoms with Crippen LogP contribution in [0.5, 0.6) is 0 Å². The molecule has 0 rings (SSSR count). The Morgan fingerprint density at radius 3 is 1.83 bits per heavy atom. The Kier molecular flexibility index (Phi) is 14.6. The highest BCUT2D eigenvalue weighted by Crippen LogP contribution is 2.02. The van der Waals surface area contributed by atoms with Crippen LogP contribution in [0.3, 0.4) is 0 Å². The van der Waals surface area contributed by atoms with Crippen molar-refractivity contribution in [2.75, 3.05) is 20.6 Å². The van der Waals surface area contributed by atoms with Crippen molar-refractivity contribution >= 4 is 24.8 Å². The molecular weight excluding hydrogens is 195 g/mol. The Labute approximate surface area is 88.7 Å². The van der Waals surface area contributed by atoms with Crippen molar-refractivity contribution in [3.63, 3.8) is 0 Å². The number of hydrogen-bond acceptors (Lipinski definition) is 2. The first-order chi connectivity index (χ1) is 4.52. The highest BCUT2D eigenvalue weighted by atomic mass is 35.5. The minimum Gasteiger partial charge on any atom is -0.327 e. The smallest absolute Gasteiger partial charge is 0.0170 e. The fraction of sp³-hybridized carbons (Fsp3) is 1.00. The molecule has 0 heterocycles. The molecule has 0 aromatic rings. The lowest BCUT2D eigenvalue weighted by molar-refractivity contribution is 0.344. The molecule has 1 atom stereocenters. The van der Waals surface area contributed by atoms with Crippen molar-refractivity contribution in [2.24, 2.45) is 11.7 Å². The fourth-order valence-corrected chi connectivity index (χ4v) is 1.15. The number of likely N-dealkylation sites (N-methyl/N-ethyl adjacent to an activating group) is 1. The normalized spacial score (nSPS) is 12.2. The monoisotopic (exact) mass is 216 g/mol. The van der Waals surface area contributed by atoms with Crippen LogP contribution in [0.4, 0.5) is 0 Å². The molecule has 0 amide bonds. The lowest BCUT2D eigenvalue weighted by Crippen LogP contribution is -2.34. The molecule has 2 N–H and O–H groups in total. The minimum atomic E-state index is 0. The second kappa shape index (κ2) is 9.59. The van der Waals surface area contributed by atoms with Gasteiger partial charge in [0.15, 0.2) is 0 Å². The first kappa shape index (κ1) is 18.3. The zero-order valence-electron chi connectivity index (χ0n) is 8.41. The first-order valence-electron chi connectivity index (χ1n) is 3.92. The zero-order valence-corrected chi connectivity index (χ0v) is 10.0. The number of halogens is 2. The highest BCUT2D eigenvalue weighted by Gasteiger charge is 2.05. The van der Waals surface area contributed by atoms with Crippen LogP contribution in [0.2, 0.25) is 0 Å². The van der Waals surface area contributed by atoms with Crippen LogP contribution in [0.25, 0.3) is 0 Å². The summed E-state index contributed by atoms with van der Waals surface area (Å²) in [5, 5.41) is 0. The van der Waals surface area contributed by atoms with Gasteiger partial charge < -0.3 is 10.6 Å². The Balaban J connectivity index is -0.000000405. The van der Waals surface area contributed by atoms with Crippen molar-refractivity contribution in [3.05, 3.63) is 0 Å². The SMILES string of the molecule is CC(C)CC(N)CN(C)C.Cl.Cl. The van der Waals surface area contributed by atoms with Gasteiger partial charge in [-0.25, -0.2) is 0 Å². The van der Waals surface area contributed by atoms with Gasteiger partial charge in [-0.2, -0.15) is 0 Å². The van der Waals surface area contributed by atoms with E-state index >= 15 is 0 Å². The third kappa shape index (κ3) is 13.1. The molecule has 4 heteroatoms. The van der Waals surface area contributed by atoms with E-state index in [2.05, 4.69) is 32.8 Å². The van der Waals surface area contributed by atoms with E-state index in [9.17, 15) is 0 Å². The van der Waals surface area contributed by atoms with Crippen LogP contribution < -0.4 is 5.73 Å². The Morgan fingerprint density at radius 2 is 1.58 bits per heavy atom. The second-order valence-electron chi connectivity index (χ2n) is 3.65.